The molecule has 1 amide bonds. The highest BCUT2D eigenvalue weighted by Gasteiger charge is 2.32. The van der Waals surface area contributed by atoms with Crippen LogP contribution in [0.2, 0.25) is 0 Å². The van der Waals surface area contributed by atoms with Crippen LogP contribution in [-0.2, 0) is 27.4 Å². The smallest absolute Gasteiger partial charge is 0.407 e. The van der Waals surface area contributed by atoms with Gasteiger partial charge in [0.25, 0.3) is 0 Å². The summed E-state index contributed by atoms with van der Waals surface area (Å²) in [5.74, 6) is 0. The lowest BCUT2D eigenvalue weighted by atomic mass is 9.99. The third-order valence-corrected chi connectivity index (χ3v) is 6.78. The van der Waals surface area contributed by atoms with Gasteiger partial charge in [-0.15, -0.1) is 6.58 Å². The van der Waals surface area contributed by atoms with Crippen LogP contribution in [-0.4, -0.2) is 48.9 Å². The van der Waals surface area contributed by atoms with Gasteiger partial charge >= 0.3 is 6.09 Å². The molecule has 1 aliphatic heterocycles. The van der Waals surface area contributed by atoms with E-state index in [0.717, 1.165) is 52.9 Å². The van der Waals surface area contributed by atoms with Gasteiger partial charge in [-0.05, 0) is 40.9 Å². The fraction of sp³-hybridized carbons (Fsp3) is 0.303. The second kappa shape index (κ2) is 14.6. The van der Waals surface area contributed by atoms with Crippen LogP contribution in [0.5, 0.6) is 0 Å². The Morgan fingerprint density at radius 3 is 2.45 bits per heavy atom. The van der Waals surface area contributed by atoms with Crippen LogP contribution in [0.1, 0.15) is 41.1 Å². The van der Waals surface area contributed by atoms with E-state index >= 15 is 0 Å². The molecule has 7 nitrogen and oxygen atoms in total. The lowest BCUT2D eigenvalue weighted by molar-refractivity contribution is -0.252. The molecule has 7 heteroatoms. The summed E-state index contributed by atoms with van der Waals surface area (Å²) < 4.78 is 17.9. The van der Waals surface area contributed by atoms with Gasteiger partial charge in [0.05, 0.1) is 18.8 Å². The van der Waals surface area contributed by atoms with Crippen molar-refractivity contribution in [2.75, 3.05) is 26.7 Å². The van der Waals surface area contributed by atoms with Gasteiger partial charge < -0.3 is 29.5 Å². The summed E-state index contributed by atoms with van der Waals surface area (Å²) in [4.78, 5) is 13.9. The van der Waals surface area contributed by atoms with Crippen LogP contribution in [0.3, 0.4) is 0 Å². The van der Waals surface area contributed by atoms with Crippen molar-refractivity contribution in [2.24, 2.45) is 0 Å². The molecule has 3 aromatic rings. The molecule has 0 unspecified atom stereocenters. The van der Waals surface area contributed by atoms with Crippen LogP contribution < -0.4 is 5.32 Å². The fourth-order valence-corrected chi connectivity index (χ4v) is 4.73. The topological polar surface area (TPSA) is 80.3 Å². The minimum absolute atomic E-state index is 0.0144. The number of likely N-dealkylation sites (N-methyl/N-ethyl adjacent to an activating group) is 1. The first-order chi connectivity index (χ1) is 19.5. The van der Waals surface area contributed by atoms with Gasteiger partial charge in [0, 0.05) is 31.6 Å². The number of aliphatic hydroxyl groups is 1. The molecule has 3 aromatic carbocycles. The minimum Gasteiger partial charge on any atom is -0.445 e. The number of alkyl carbamates (subject to hydrolysis) is 1. The van der Waals surface area contributed by atoms with E-state index in [1.54, 1.807) is 0 Å². The number of ether oxygens (including phenoxy) is 3. The van der Waals surface area contributed by atoms with Crippen LogP contribution in [0.4, 0.5) is 4.79 Å². The minimum atomic E-state index is -0.510. The van der Waals surface area contributed by atoms with E-state index in [0.29, 0.717) is 6.54 Å². The summed E-state index contributed by atoms with van der Waals surface area (Å²) in [6.07, 6.45) is 3.02. The number of amides is 1. The highest BCUT2D eigenvalue weighted by Crippen LogP contribution is 2.38. The molecule has 0 bridgehead atoms. The largest absolute Gasteiger partial charge is 0.445 e. The number of benzene rings is 3. The molecule has 0 aliphatic carbocycles. The zero-order chi connectivity index (χ0) is 28.3. The summed E-state index contributed by atoms with van der Waals surface area (Å²) in [5.41, 5.74) is 5.95. The maximum absolute atomic E-state index is 11.8. The van der Waals surface area contributed by atoms with E-state index in [2.05, 4.69) is 42.6 Å². The van der Waals surface area contributed by atoms with Crippen molar-refractivity contribution in [3.8, 4) is 11.1 Å². The second-order valence-electron chi connectivity index (χ2n) is 9.92. The quantitative estimate of drug-likeness (QED) is 0.277. The molecule has 2 N–H and O–H groups in total. The number of carbonyl (C=O) groups excluding carboxylic acids is 1. The normalized spacial score (nSPS) is 18.7. The van der Waals surface area contributed by atoms with Crippen molar-refractivity contribution in [3.63, 3.8) is 0 Å². The third kappa shape index (κ3) is 8.13. The highest BCUT2D eigenvalue weighted by atomic mass is 16.7. The van der Waals surface area contributed by atoms with Gasteiger partial charge in [0.15, 0.2) is 6.29 Å². The second-order valence-corrected chi connectivity index (χ2v) is 9.92. The van der Waals surface area contributed by atoms with Gasteiger partial charge in [-0.1, -0.05) is 85.5 Å². The van der Waals surface area contributed by atoms with Crippen molar-refractivity contribution in [3.05, 3.63) is 120 Å². The molecular formula is C33H38N2O5. The van der Waals surface area contributed by atoms with Crippen molar-refractivity contribution in [2.45, 2.75) is 38.1 Å². The first-order valence-electron chi connectivity index (χ1n) is 13.5. The number of hydrogen-bond donors (Lipinski definition) is 2. The predicted octanol–water partition coefficient (Wildman–Crippen LogP) is 5.92. The van der Waals surface area contributed by atoms with E-state index in [9.17, 15) is 9.90 Å². The Kier molecular flexibility index (Phi) is 10.7. The first kappa shape index (κ1) is 29.2. The maximum atomic E-state index is 11.8. The molecule has 1 saturated heterocycles. The molecule has 3 atom stereocenters. The highest BCUT2D eigenvalue weighted by molar-refractivity contribution is 5.68. The third-order valence-electron chi connectivity index (χ3n) is 6.78. The molecule has 210 valence electrons. The fourth-order valence-electron chi connectivity index (χ4n) is 4.73. The van der Waals surface area contributed by atoms with Crippen LogP contribution in [0, 0.1) is 0 Å². The molecule has 1 aliphatic rings. The summed E-state index contributed by atoms with van der Waals surface area (Å²) >= 11 is 0. The van der Waals surface area contributed by atoms with E-state index in [-0.39, 0.29) is 25.4 Å². The zero-order valence-electron chi connectivity index (χ0n) is 23.0. The summed E-state index contributed by atoms with van der Waals surface area (Å²) in [6, 6.07) is 24.1. The van der Waals surface area contributed by atoms with Crippen LogP contribution in [0.25, 0.3) is 11.1 Å². The average Bonchev–Trinajstić information content (AvgIpc) is 2.99. The number of nitrogens with zero attached hydrogens (tertiary/aromatic N) is 1. The number of nitrogens with one attached hydrogen (secondary N) is 1. The number of carbonyl (C=O) groups is 1. The van der Waals surface area contributed by atoms with Crippen molar-refractivity contribution < 1.29 is 24.1 Å². The molecule has 1 fully saturated rings. The van der Waals surface area contributed by atoms with Crippen molar-refractivity contribution in [1.82, 2.24) is 10.2 Å². The monoisotopic (exact) mass is 542 g/mol. The molecular weight excluding hydrogens is 504 g/mol. The Morgan fingerprint density at radius 2 is 1.75 bits per heavy atom. The lowest BCUT2D eigenvalue weighted by Crippen LogP contribution is -2.37. The molecule has 0 spiro atoms. The van der Waals surface area contributed by atoms with Gasteiger partial charge in [0.1, 0.15) is 6.61 Å². The maximum Gasteiger partial charge on any atom is 0.407 e. The van der Waals surface area contributed by atoms with Crippen LogP contribution in [0.15, 0.2) is 98.1 Å². The van der Waals surface area contributed by atoms with Crippen molar-refractivity contribution in [1.29, 1.82) is 0 Å². The molecule has 0 saturated carbocycles. The molecule has 1 heterocycles. The van der Waals surface area contributed by atoms with E-state index in [1.807, 2.05) is 66.7 Å². The molecule has 0 aromatic heterocycles. The lowest BCUT2D eigenvalue weighted by Gasteiger charge is -2.37. The summed E-state index contributed by atoms with van der Waals surface area (Å²) in [7, 11) is 2.06. The zero-order valence-corrected chi connectivity index (χ0v) is 23.0. The SMILES string of the molecule is C=CCOC(=O)NCc1cccc(-c2ccc([C@H]3O[C@@H](CN(C)CC=C)C[C@@H](c4ccc(CO)cc4)O3)cc2)c1. The van der Waals surface area contributed by atoms with Gasteiger partial charge in [-0.25, -0.2) is 4.79 Å². The summed E-state index contributed by atoms with van der Waals surface area (Å²) in [6.45, 7) is 9.49. The van der Waals surface area contributed by atoms with Crippen LogP contribution >= 0.6 is 0 Å². The molecule has 4 rings (SSSR count). The van der Waals surface area contributed by atoms with E-state index < -0.39 is 12.4 Å². The Hall–Kier alpha value is -3.75. The Bertz CT molecular complexity index is 1260. The first-order valence-corrected chi connectivity index (χ1v) is 13.5. The Morgan fingerprint density at radius 1 is 1.00 bits per heavy atom. The van der Waals surface area contributed by atoms with E-state index in [1.165, 1.54) is 6.08 Å². The van der Waals surface area contributed by atoms with Gasteiger partial charge in [0.2, 0.25) is 0 Å². The van der Waals surface area contributed by atoms with Crippen molar-refractivity contribution >= 4 is 6.09 Å². The van der Waals surface area contributed by atoms with Gasteiger partial charge in [-0.3, -0.25) is 0 Å². The number of hydrogen-bond acceptors (Lipinski definition) is 6. The standard InChI is InChI=1S/C33H38N2O5/c1-4-17-35(3)22-30-20-31(27-11-9-24(23-36)10-12-27)40-32(39-30)28-15-13-26(14-16-28)29-8-6-7-25(19-29)21-34-33(37)38-18-5-2/h4-16,19,30-32,36H,1-2,17-18,20-23H2,3H3,(H,34,37)/t30-,31+,32+/m1/s1. The molecule has 0 radical (unpaired) electrons. The average molecular weight is 543 g/mol. The number of aliphatic hydroxyl groups excluding tert-OH is 1. The summed E-state index contributed by atoms with van der Waals surface area (Å²) in [5, 5.41) is 12.2. The molecule has 40 heavy (non-hydrogen) atoms. The predicted molar refractivity (Wildman–Crippen MR) is 156 cm³/mol. The Balaban J connectivity index is 1.48. The Labute approximate surface area is 236 Å². The van der Waals surface area contributed by atoms with Gasteiger partial charge in [-0.2, -0.15) is 0 Å². The van der Waals surface area contributed by atoms with E-state index in [4.69, 9.17) is 14.2 Å². The number of rotatable bonds is 12.